The predicted octanol–water partition coefficient (Wildman–Crippen LogP) is 3.24. The summed E-state index contributed by atoms with van der Waals surface area (Å²) in [5, 5.41) is 0.457. The summed E-state index contributed by atoms with van der Waals surface area (Å²) in [5.41, 5.74) is 2.68. The molecule has 0 aliphatic rings. The average Bonchev–Trinajstić information content (AvgIpc) is 2.33. The van der Waals surface area contributed by atoms with E-state index in [0.717, 1.165) is 0 Å². The van der Waals surface area contributed by atoms with Crippen LogP contribution < -0.4 is 11.3 Å². The molecule has 0 aliphatic carbocycles. The number of benzene rings is 1. The number of nitrogens with two attached hydrogens (primary N) is 1. The van der Waals surface area contributed by atoms with Crippen LogP contribution in [0.15, 0.2) is 16.6 Å². The van der Waals surface area contributed by atoms with Gasteiger partial charge in [0, 0.05) is 17.4 Å². The number of hydrogen-bond donors (Lipinski definition) is 2. The number of rotatable bonds is 6. The Balaban J connectivity index is 2.78. The van der Waals surface area contributed by atoms with E-state index in [1.165, 1.54) is 12.1 Å². The lowest BCUT2D eigenvalue weighted by atomic mass is 10.1. The van der Waals surface area contributed by atoms with Crippen molar-refractivity contribution in [3.8, 4) is 0 Å². The van der Waals surface area contributed by atoms with Crippen LogP contribution in [-0.2, 0) is 6.42 Å². The molecule has 0 fully saturated rings. The van der Waals surface area contributed by atoms with Crippen molar-refractivity contribution in [2.75, 3.05) is 5.75 Å². The highest BCUT2D eigenvalue weighted by atomic mass is 79.9. The van der Waals surface area contributed by atoms with Gasteiger partial charge in [-0.25, -0.2) is 8.78 Å². The third-order valence-electron chi connectivity index (χ3n) is 2.46. The Morgan fingerprint density at radius 2 is 2.06 bits per heavy atom. The van der Waals surface area contributed by atoms with Crippen molar-refractivity contribution < 1.29 is 8.78 Å². The second-order valence-corrected chi connectivity index (χ2v) is 6.74. The molecule has 0 amide bonds. The molecule has 18 heavy (non-hydrogen) atoms. The Morgan fingerprint density at radius 3 is 2.61 bits per heavy atom. The summed E-state index contributed by atoms with van der Waals surface area (Å²) in [6.07, 6.45) is 0.229. The molecule has 0 aromatic heterocycles. The van der Waals surface area contributed by atoms with E-state index in [-0.39, 0.29) is 22.5 Å². The highest BCUT2D eigenvalue weighted by Crippen LogP contribution is 2.23. The topological polar surface area (TPSA) is 38.0 Å². The van der Waals surface area contributed by atoms with Crippen molar-refractivity contribution in [3.05, 3.63) is 33.8 Å². The first-order valence-electron chi connectivity index (χ1n) is 5.65. The zero-order valence-corrected chi connectivity index (χ0v) is 12.7. The van der Waals surface area contributed by atoms with Gasteiger partial charge in [-0.05, 0) is 39.7 Å². The summed E-state index contributed by atoms with van der Waals surface area (Å²) in [6.45, 7) is 4.14. The maximum atomic E-state index is 13.8. The summed E-state index contributed by atoms with van der Waals surface area (Å²) >= 11 is 4.76. The normalized spacial score (nSPS) is 13.1. The quantitative estimate of drug-likeness (QED) is 0.475. The molecule has 0 aliphatic heterocycles. The molecule has 0 bridgehead atoms. The summed E-state index contributed by atoms with van der Waals surface area (Å²) < 4.78 is 27.7. The Labute approximate surface area is 119 Å². The standard InChI is InChI=1S/C12H17BrF2N2S/c1-7(2)18-6-8(17-16)5-9-11(14)4-3-10(13)12(9)15/h3-4,7-8,17H,5-6,16H2,1-2H3. The largest absolute Gasteiger partial charge is 0.271 e. The molecular formula is C12H17BrF2N2S. The number of hydrazine groups is 1. The van der Waals surface area contributed by atoms with Crippen LogP contribution >= 0.6 is 27.7 Å². The average molecular weight is 339 g/mol. The van der Waals surface area contributed by atoms with E-state index in [4.69, 9.17) is 5.84 Å². The SMILES string of the molecule is CC(C)SCC(Cc1c(F)ccc(Br)c1F)NN. The molecule has 1 aromatic carbocycles. The minimum Gasteiger partial charge on any atom is -0.271 e. The van der Waals surface area contributed by atoms with E-state index in [9.17, 15) is 8.78 Å². The van der Waals surface area contributed by atoms with Gasteiger partial charge in [-0.1, -0.05) is 13.8 Å². The molecule has 1 aromatic rings. The van der Waals surface area contributed by atoms with E-state index in [0.29, 0.717) is 11.0 Å². The molecule has 0 saturated carbocycles. The van der Waals surface area contributed by atoms with Gasteiger partial charge < -0.3 is 0 Å². The molecule has 2 nitrogen and oxygen atoms in total. The Hall–Kier alpha value is -0.170. The highest BCUT2D eigenvalue weighted by molar-refractivity contribution is 9.10. The van der Waals surface area contributed by atoms with E-state index in [2.05, 4.69) is 35.2 Å². The predicted molar refractivity (Wildman–Crippen MR) is 76.5 cm³/mol. The van der Waals surface area contributed by atoms with E-state index in [1.807, 2.05) is 0 Å². The number of halogens is 3. The van der Waals surface area contributed by atoms with Gasteiger partial charge in [-0.3, -0.25) is 11.3 Å². The molecule has 102 valence electrons. The minimum atomic E-state index is -0.551. The molecule has 0 spiro atoms. The molecule has 0 saturated heterocycles. The van der Waals surface area contributed by atoms with Gasteiger partial charge in [0.15, 0.2) is 0 Å². The highest BCUT2D eigenvalue weighted by Gasteiger charge is 2.17. The van der Waals surface area contributed by atoms with Crippen molar-refractivity contribution in [1.29, 1.82) is 0 Å². The summed E-state index contributed by atoms with van der Waals surface area (Å²) in [6, 6.07) is 2.46. The van der Waals surface area contributed by atoms with Gasteiger partial charge >= 0.3 is 0 Å². The second kappa shape index (κ2) is 7.43. The fourth-order valence-electron chi connectivity index (χ4n) is 1.48. The Kier molecular flexibility index (Phi) is 6.55. The Bertz CT molecular complexity index is 402. The molecule has 0 heterocycles. The number of nitrogens with one attached hydrogen (secondary N) is 1. The summed E-state index contributed by atoms with van der Waals surface area (Å²) in [7, 11) is 0. The van der Waals surface area contributed by atoms with Crippen LogP contribution in [0, 0.1) is 11.6 Å². The van der Waals surface area contributed by atoms with E-state index in [1.54, 1.807) is 11.8 Å². The first-order valence-corrected chi connectivity index (χ1v) is 7.50. The zero-order chi connectivity index (χ0) is 13.7. The molecular weight excluding hydrogens is 322 g/mol. The van der Waals surface area contributed by atoms with Crippen LogP contribution in [0.25, 0.3) is 0 Å². The fourth-order valence-corrected chi connectivity index (χ4v) is 2.68. The lowest BCUT2D eigenvalue weighted by Crippen LogP contribution is -2.39. The van der Waals surface area contributed by atoms with Crippen LogP contribution in [0.4, 0.5) is 8.78 Å². The van der Waals surface area contributed by atoms with Gasteiger partial charge in [0.2, 0.25) is 0 Å². The van der Waals surface area contributed by atoms with Crippen LogP contribution in [-0.4, -0.2) is 17.0 Å². The third kappa shape index (κ3) is 4.50. The van der Waals surface area contributed by atoms with Gasteiger partial charge in [-0.15, -0.1) is 0 Å². The Morgan fingerprint density at radius 1 is 1.39 bits per heavy atom. The first-order chi connectivity index (χ1) is 8.45. The van der Waals surface area contributed by atoms with Gasteiger partial charge in [0.1, 0.15) is 11.6 Å². The van der Waals surface area contributed by atoms with Gasteiger partial charge in [0.25, 0.3) is 0 Å². The third-order valence-corrected chi connectivity index (χ3v) is 4.33. The summed E-state index contributed by atoms with van der Waals surface area (Å²) in [4.78, 5) is 0. The van der Waals surface area contributed by atoms with Crippen LogP contribution in [0.1, 0.15) is 19.4 Å². The monoisotopic (exact) mass is 338 g/mol. The lowest BCUT2D eigenvalue weighted by Gasteiger charge is -2.18. The van der Waals surface area contributed by atoms with Crippen molar-refractivity contribution in [2.24, 2.45) is 5.84 Å². The molecule has 0 radical (unpaired) electrons. The van der Waals surface area contributed by atoms with Crippen molar-refractivity contribution in [3.63, 3.8) is 0 Å². The van der Waals surface area contributed by atoms with Crippen LogP contribution in [0.5, 0.6) is 0 Å². The maximum Gasteiger partial charge on any atom is 0.143 e. The van der Waals surface area contributed by atoms with Gasteiger partial charge in [-0.2, -0.15) is 11.8 Å². The summed E-state index contributed by atoms with van der Waals surface area (Å²) in [5.74, 6) is 5.05. The molecule has 1 unspecified atom stereocenters. The molecule has 6 heteroatoms. The first kappa shape index (κ1) is 15.9. The number of thioether (sulfide) groups is 1. The van der Waals surface area contributed by atoms with E-state index < -0.39 is 11.6 Å². The van der Waals surface area contributed by atoms with Crippen LogP contribution in [0.3, 0.4) is 0 Å². The molecule has 1 atom stereocenters. The van der Waals surface area contributed by atoms with Gasteiger partial charge in [0.05, 0.1) is 4.47 Å². The second-order valence-electron chi connectivity index (χ2n) is 4.27. The van der Waals surface area contributed by atoms with E-state index >= 15 is 0 Å². The fraction of sp³-hybridized carbons (Fsp3) is 0.500. The molecule has 1 rings (SSSR count). The maximum absolute atomic E-state index is 13.8. The lowest BCUT2D eigenvalue weighted by molar-refractivity contribution is 0.509. The van der Waals surface area contributed by atoms with Crippen molar-refractivity contribution in [2.45, 2.75) is 31.6 Å². The minimum absolute atomic E-state index is 0.0664. The van der Waals surface area contributed by atoms with Crippen molar-refractivity contribution >= 4 is 27.7 Å². The van der Waals surface area contributed by atoms with Crippen molar-refractivity contribution in [1.82, 2.24) is 5.43 Å². The van der Waals surface area contributed by atoms with Crippen LogP contribution in [0.2, 0.25) is 0 Å². The smallest absolute Gasteiger partial charge is 0.143 e. The molecule has 3 N–H and O–H groups in total. The zero-order valence-electron chi connectivity index (χ0n) is 10.3. The number of hydrogen-bond acceptors (Lipinski definition) is 3.